The van der Waals surface area contributed by atoms with E-state index in [0.717, 1.165) is 30.0 Å². The van der Waals surface area contributed by atoms with Gasteiger partial charge in [0.15, 0.2) is 0 Å². The molecular weight excluding hydrogens is 406 g/mol. The van der Waals surface area contributed by atoms with Crippen molar-refractivity contribution in [1.82, 2.24) is 16.0 Å². The van der Waals surface area contributed by atoms with Crippen LogP contribution in [0.15, 0.2) is 42.5 Å². The zero-order valence-corrected chi connectivity index (χ0v) is 18.4. The Labute approximate surface area is 182 Å². The smallest absolute Gasteiger partial charge is 0.251 e. The Hall–Kier alpha value is -2.02. The fourth-order valence-corrected chi connectivity index (χ4v) is 3.77. The van der Waals surface area contributed by atoms with Crippen LogP contribution < -0.4 is 16.0 Å². The molecule has 0 bridgehead atoms. The van der Waals surface area contributed by atoms with Crippen molar-refractivity contribution in [1.29, 1.82) is 0 Å². The summed E-state index contributed by atoms with van der Waals surface area (Å²) in [5.41, 5.74) is 5.28. The second kappa shape index (κ2) is 11.2. The van der Waals surface area contributed by atoms with E-state index in [4.69, 9.17) is 0 Å². The number of thioether (sulfide) groups is 1. The SMILES string of the molecule is CSCCC(NC(=O)c1cccc(C)c1)C(=O)NCc1ccc2c(c1)CNC2.Cl. The van der Waals surface area contributed by atoms with Gasteiger partial charge in [0.2, 0.25) is 5.91 Å². The average Bonchev–Trinajstić information content (AvgIpc) is 3.17. The van der Waals surface area contributed by atoms with E-state index in [-0.39, 0.29) is 24.2 Å². The van der Waals surface area contributed by atoms with Crippen molar-refractivity contribution in [3.05, 3.63) is 70.3 Å². The summed E-state index contributed by atoms with van der Waals surface area (Å²) >= 11 is 1.66. The highest BCUT2D eigenvalue weighted by Gasteiger charge is 2.21. The van der Waals surface area contributed by atoms with Gasteiger partial charge in [-0.15, -0.1) is 12.4 Å². The second-order valence-electron chi connectivity index (χ2n) is 7.10. The van der Waals surface area contributed by atoms with Gasteiger partial charge < -0.3 is 16.0 Å². The molecule has 0 saturated heterocycles. The molecule has 2 aromatic rings. The van der Waals surface area contributed by atoms with Gasteiger partial charge in [0.05, 0.1) is 0 Å². The highest BCUT2D eigenvalue weighted by Crippen LogP contribution is 2.17. The van der Waals surface area contributed by atoms with Crippen molar-refractivity contribution in [2.75, 3.05) is 12.0 Å². The maximum absolute atomic E-state index is 12.7. The first-order chi connectivity index (χ1) is 13.6. The summed E-state index contributed by atoms with van der Waals surface area (Å²) in [5.74, 6) is 0.443. The molecule has 29 heavy (non-hydrogen) atoms. The molecule has 2 aromatic carbocycles. The second-order valence-corrected chi connectivity index (χ2v) is 8.09. The van der Waals surface area contributed by atoms with E-state index in [1.165, 1.54) is 11.1 Å². The number of nitrogens with one attached hydrogen (secondary N) is 3. The highest BCUT2D eigenvalue weighted by atomic mass is 35.5. The number of hydrogen-bond acceptors (Lipinski definition) is 4. The summed E-state index contributed by atoms with van der Waals surface area (Å²) in [6.45, 7) is 4.19. The van der Waals surface area contributed by atoms with E-state index in [2.05, 4.69) is 28.1 Å². The minimum atomic E-state index is -0.545. The predicted molar refractivity (Wildman–Crippen MR) is 122 cm³/mol. The van der Waals surface area contributed by atoms with Crippen LogP contribution >= 0.6 is 24.2 Å². The van der Waals surface area contributed by atoms with Gasteiger partial charge >= 0.3 is 0 Å². The lowest BCUT2D eigenvalue weighted by molar-refractivity contribution is -0.123. The summed E-state index contributed by atoms with van der Waals surface area (Å²) in [4.78, 5) is 25.3. The first kappa shape index (κ1) is 23.3. The molecule has 1 aliphatic heterocycles. The fraction of sp³-hybridized carbons (Fsp3) is 0.364. The monoisotopic (exact) mass is 433 g/mol. The lowest BCUT2D eigenvalue weighted by Gasteiger charge is -2.18. The maximum Gasteiger partial charge on any atom is 0.251 e. The molecule has 1 atom stereocenters. The van der Waals surface area contributed by atoms with Crippen LogP contribution in [0.3, 0.4) is 0 Å². The summed E-state index contributed by atoms with van der Waals surface area (Å²) < 4.78 is 0. The Morgan fingerprint density at radius 2 is 1.93 bits per heavy atom. The van der Waals surface area contributed by atoms with Crippen molar-refractivity contribution in [2.24, 2.45) is 0 Å². The Kier molecular flexibility index (Phi) is 9.01. The van der Waals surface area contributed by atoms with E-state index in [1.54, 1.807) is 17.8 Å². The van der Waals surface area contributed by atoms with Crippen LogP contribution in [0.25, 0.3) is 0 Å². The molecule has 3 rings (SSSR count). The van der Waals surface area contributed by atoms with E-state index < -0.39 is 6.04 Å². The van der Waals surface area contributed by atoms with E-state index in [9.17, 15) is 9.59 Å². The number of amides is 2. The number of halogens is 1. The van der Waals surface area contributed by atoms with Crippen LogP contribution in [0, 0.1) is 6.92 Å². The van der Waals surface area contributed by atoms with Gasteiger partial charge in [0, 0.05) is 25.2 Å². The minimum Gasteiger partial charge on any atom is -0.350 e. The first-order valence-corrected chi connectivity index (χ1v) is 10.9. The van der Waals surface area contributed by atoms with Crippen molar-refractivity contribution in [3.8, 4) is 0 Å². The van der Waals surface area contributed by atoms with Crippen LogP contribution in [0.4, 0.5) is 0 Å². The zero-order chi connectivity index (χ0) is 19.9. The molecular formula is C22H28ClN3O2S. The third-order valence-electron chi connectivity index (χ3n) is 4.88. The van der Waals surface area contributed by atoms with Crippen LogP contribution in [-0.4, -0.2) is 29.9 Å². The molecule has 3 N–H and O–H groups in total. The number of aryl methyl sites for hydroxylation is 1. The number of carbonyl (C=O) groups is 2. The van der Waals surface area contributed by atoms with Gasteiger partial charge in [0.25, 0.3) is 5.91 Å². The largest absolute Gasteiger partial charge is 0.350 e. The van der Waals surface area contributed by atoms with Crippen molar-refractivity contribution in [3.63, 3.8) is 0 Å². The number of fused-ring (bicyclic) bond motifs is 1. The molecule has 0 fully saturated rings. The Balaban J connectivity index is 0.00000300. The molecule has 0 spiro atoms. The Bertz CT molecular complexity index is 860. The number of rotatable bonds is 8. The summed E-state index contributed by atoms with van der Waals surface area (Å²) in [6.07, 6.45) is 2.59. The van der Waals surface area contributed by atoms with Crippen LogP contribution in [0.5, 0.6) is 0 Å². The van der Waals surface area contributed by atoms with Gasteiger partial charge in [-0.2, -0.15) is 11.8 Å². The molecule has 5 nitrogen and oxygen atoms in total. The molecule has 0 saturated carbocycles. The fourth-order valence-electron chi connectivity index (χ4n) is 3.30. The lowest BCUT2D eigenvalue weighted by atomic mass is 10.1. The highest BCUT2D eigenvalue weighted by molar-refractivity contribution is 7.98. The van der Waals surface area contributed by atoms with Gasteiger partial charge in [-0.1, -0.05) is 35.9 Å². The predicted octanol–water partition coefficient (Wildman–Crippen LogP) is 3.19. The molecule has 2 amide bonds. The topological polar surface area (TPSA) is 70.2 Å². The van der Waals surface area contributed by atoms with Crippen molar-refractivity contribution < 1.29 is 9.59 Å². The van der Waals surface area contributed by atoms with E-state index in [0.29, 0.717) is 18.5 Å². The van der Waals surface area contributed by atoms with Crippen LogP contribution in [-0.2, 0) is 24.4 Å². The Morgan fingerprint density at radius 1 is 1.14 bits per heavy atom. The summed E-state index contributed by atoms with van der Waals surface area (Å²) in [6, 6.07) is 13.1. The number of benzene rings is 2. The molecule has 7 heteroatoms. The Morgan fingerprint density at radius 3 is 2.69 bits per heavy atom. The molecule has 1 aliphatic rings. The van der Waals surface area contributed by atoms with Gasteiger partial charge in [-0.3, -0.25) is 9.59 Å². The normalized spacial score (nSPS) is 13.2. The third kappa shape index (κ3) is 6.49. The van der Waals surface area contributed by atoms with Crippen LogP contribution in [0.2, 0.25) is 0 Å². The van der Waals surface area contributed by atoms with Gasteiger partial charge in [-0.25, -0.2) is 0 Å². The van der Waals surface area contributed by atoms with E-state index in [1.807, 2.05) is 37.4 Å². The van der Waals surface area contributed by atoms with Crippen molar-refractivity contribution in [2.45, 2.75) is 39.0 Å². The lowest BCUT2D eigenvalue weighted by Crippen LogP contribution is -2.46. The first-order valence-electron chi connectivity index (χ1n) is 9.52. The number of hydrogen-bond donors (Lipinski definition) is 3. The average molecular weight is 434 g/mol. The van der Waals surface area contributed by atoms with Gasteiger partial charge in [0.1, 0.15) is 6.04 Å². The molecule has 156 valence electrons. The molecule has 1 heterocycles. The quantitative estimate of drug-likeness (QED) is 0.598. The number of carbonyl (C=O) groups excluding carboxylic acids is 2. The van der Waals surface area contributed by atoms with Crippen molar-refractivity contribution >= 4 is 36.0 Å². The maximum atomic E-state index is 12.7. The molecule has 1 unspecified atom stereocenters. The molecule has 0 radical (unpaired) electrons. The molecule has 0 aromatic heterocycles. The minimum absolute atomic E-state index is 0. The zero-order valence-electron chi connectivity index (χ0n) is 16.8. The summed E-state index contributed by atoms with van der Waals surface area (Å²) in [7, 11) is 0. The van der Waals surface area contributed by atoms with Gasteiger partial charge in [-0.05, 0) is 54.2 Å². The standard InChI is InChI=1S/C22H27N3O2S.ClH/c1-15-4-3-5-17(10-15)21(26)25-20(8-9-28-2)22(27)24-12-16-6-7-18-13-23-14-19(18)11-16;/h3-7,10-11,20,23H,8-9,12-14H2,1-2H3,(H,24,27)(H,25,26);1H. The summed E-state index contributed by atoms with van der Waals surface area (Å²) in [5, 5.41) is 9.21. The molecule has 0 aliphatic carbocycles. The van der Waals surface area contributed by atoms with E-state index >= 15 is 0 Å². The third-order valence-corrected chi connectivity index (χ3v) is 5.52. The van der Waals surface area contributed by atoms with Crippen LogP contribution in [0.1, 0.15) is 39.0 Å².